The largest absolute Gasteiger partial charge is 0.312 e. The van der Waals surface area contributed by atoms with Gasteiger partial charge in [-0.1, -0.05) is 38.1 Å². The first-order chi connectivity index (χ1) is 9.73. The first kappa shape index (κ1) is 18.3. The van der Waals surface area contributed by atoms with Gasteiger partial charge in [0.1, 0.15) is 9.84 Å². The molecular formula is C15H25NO3S2. The summed E-state index contributed by atoms with van der Waals surface area (Å²) < 4.78 is 34.2. The van der Waals surface area contributed by atoms with Crippen molar-refractivity contribution in [2.24, 2.45) is 0 Å². The Balaban J connectivity index is 2.68. The van der Waals surface area contributed by atoms with Gasteiger partial charge in [-0.15, -0.1) is 0 Å². The third-order valence-corrected chi connectivity index (χ3v) is 5.96. The first-order valence-corrected chi connectivity index (χ1v) is 10.6. The average molecular weight is 332 g/mol. The maximum atomic E-state index is 12.0. The predicted molar refractivity (Wildman–Crippen MR) is 89.9 cm³/mol. The molecule has 0 amide bonds. The van der Waals surface area contributed by atoms with E-state index in [9.17, 15) is 12.6 Å². The molecule has 0 bridgehead atoms. The van der Waals surface area contributed by atoms with Crippen LogP contribution in [-0.4, -0.2) is 43.2 Å². The zero-order valence-corrected chi connectivity index (χ0v) is 14.8. The Labute approximate surface area is 130 Å². The topological polar surface area (TPSA) is 63.2 Å². The molecule has 21 heavy (non-hydrogen) atoms. The van der Waals surface area contributed by atoms with Gasteiger partial charge in [0.25, 0.3) is 0 Å². The molecular weight excluding hydrogens is 306 g/mol. The minimum atomic E-state index is -3.05. The molecule has 0 aliphatic carbocycles. The smallest absolute Gasteiger partial charge is 0.148 e. The van der Waals surface area contributed by atoms with Gasteiger partial charge in [-0.2, -0.15) is 0 Å². The van der Waals surface area contributed by atoms with Crippen LogP contribution in [0.5, 0.6) is 0 Å². The molecule has 0 aliphatic rings. The van der Waals surface area contributed by atoms with Crippen LogP contribution >= 0.6 is 0 Å². The van der Waals surface area contributed by atoms with E-state index in [0.29, 0.717) is 11.7 Å². The van der Waals surface area contributed by atoms with Gasteiger partial charge in [0, 0.05) is 34.6 Å². The van der Waals surface area contributed by atoms with Gasteiger partial charge in [-0.25, -0.2) is 8.42 Å². The van der Waals surface area contributed by atoms with Crippen molar-refractivity contribution in [1.82, 2.24) is 5.32 Å². The zero-order chi connectivity index (χ0) is 16.0. The molecule has 1 rings (SSSR count). The van der Waals surface area contributed by atoms with Crippen molar-refractivity contribution in [3.8, 4) is 0 Å². The van der Waals surface area contributed by atoms with Crippen molar-refractivity contribution < 1.29 is 12.6 Å². The molecule has 2 unspecified atom stereocenters. The van der Waals surface area contributed by atoms with Crippen molar-refractivity contribution in [2.45, 2.75) is 25.8 Å². The van der Waals surface area contributed by atoms with E-state index in [2.05, 4.69) is 31.3 Å². The normalized spacial score (nSPS) is 15.1. The SMILES string of the molecule is CNC(CS(=O)CCS(C)(=O)=O)c1ccc(C(C)C)cc1. The molecule has 0 radical (unpaired) electrons. The van der Waals surface area contributed by atoms with E-state index in [0.717, 1.165) is 5.56 Å². The third kappa shape index (κ3) is 6.72. The summed E-state index contributed by atoms with van der Waals surface area (Å²) in [5.74, 6) is 1.08. The Morgan fingerprint density at radius 2 is 1.67 bits per heavy atom. The summed E-state index contributed by atoms with van der Waals surface area (Å²) in [5, 5.41) is 3.15. The molecule has 0 fully saturated rings. The van der Waals surface area contributed by atoms with E-state index < -0.39 is 20.6 Å². The summed E-state index contributed by atoms with van der Waals surface area (Å²) in [6.07, 6.45) is 1.17. The second-order valence-corrected chi connectivity index (χ2v) is 9.48. The molecule has 4 nitrogen and oxygen atoms in total. The standard InChI is InChI=1S/C15H25NO3S2/c1-12(2)13-5-7-14(8-6-13)15(16-3)11-20(17)9-10-21(4,18)19/h5-8,12,15-16H,9-11H2,1-4H3. The fourth-order valence-corrected chi connectivity index (χ4v) is 4.83. The second-order valence-electron chi connectivity index (χ2n) is 5.60. The van der Waals surface area contributed by atoms with Crippen LogP contribution in [0.25, 0.3) is 0 Å². The summed E-state index contributed by atoms with van der Waals surface area (Å²) in [7, 11) is -2.38. The Morgan fingerprint density at radius 1 is 1.14 bits per heavy atom. The molecule has 6 heteroatoms. The second kappa shape index (κ2) is 8.06. The van der Waals surface area contributed by atoms with Gasteiger partial charge in [0.05, 0.1) is 5.75 Å². The maximum Gasteiger partial charge on any atom is 0.148 e. The summed E-state index contributed by atoms with van der Waals surface area (Å²) in [4.78, 5) is 0. The average Bonchev–Trinajstić information content (AvgIpc) is 2.42. The van der Waals surface area contributed by atoms with Crippen LogP contribution in [-0.2, 0) is 20.6 Å². The number of rotatable bonds is 8. The number of sulfone groups is 1. The van der Waals surface area contributed by atoms with Crippen LogP contribution in [0.3, 0.4) is 0 Å². The van der Waals surface area contributed by atoms with Crippen LogP contribution < -0.4 is 5.32 Å². The fourth-order valence-electron chi connectivity index (χ4n) is 1.97. The van der Waals surface area contributed by atoms with Gasteiger partial charge >= 0.3 is 0 Å². The van der Waals surface area contributed by atoms with Crippen LogP contribution in [0.4, 0.5) is 0 Å². The molecule has 1 N–H and O–H groups in total. The molecule has 0 spiro atoms. The molecule has 0 heterocycles. The molecule has 120 valence electrons. The summed E-state index contributed by atoms with van der Waals surface area (Å²) in [5.41, 5.74) is 2.35. The van der Waals surface area contributed by atoms with E-state index in [1.807, 2.05) is 19.2 Å². The highest BCUT2D eigenvalue weighted by atomic mass is 32.2. The predicted octanol–water partition coefficient (Wildman–Crippen LogP) is 1.86. The third-order valence-electron chi connectivity index (χ3n) is 3.39. The molecule has 0 aliphatic heterocycles. The van der Waals surface area contributed by atoms with Crippen molar-refractivity contribution >= 4 is 20.6 Å². The van der Waals surface area contributed by atoms with Crippen LogP contribution in [0.1, 0.15) is 36.9 Å². The van der Waals surface area contributed by atoms with Gasteiger partial charge in [0.15, 0.2) is 0 Å². The van der Waals surface area contributed by atoms with Gasteiger partial charge in [-0.05, 0) is 24.1 Å². The number of benzene rings is 1. The lowest BCUT2D eigenvalue weighted by molar-refractivity contribution is 0.602. The van der Waals surface area contributed by atoms with Crippen molar-refractivity contribution in [3.05, 3.63) is 35.4 Å². The van der Waals surface area contributed by atoms with Crippen LogP contribution in [0.2, 0.25) is 0 Å². The molecule has 0 aromatic heterocycles. The van der Waals surface area contributed by atoms with Crippen LogP contribution in [0, 0.1) is 0 Å². The Kier molecular flexibility index (Phi) is 7.03. The number of hydrogen-bond acceptors (Lipinski definition) is 4. The van der Waals surface area contributed by atoms with E-state index in [4.69, 9.17) is 0 Å². The summed E-state index contributed by atoms with van der Waals surface area (Å²) >= 11 is 0. The first-order valence-electron chi connectivity index (χ1n) is 7.02. The lowest BCUT2D eigenvalue weighted by Crippen LogP contribution is -2.25. The molecule has 0 saturated carbocycles. The molecule has 1 aromatic rings. The van der Waals surface area contributed by atoms with Gasteiger partial charge in [-0.3, -0.25) is 4.21 Å². The van der Waals surface area contributed by atoms with Crippen molar-refractivity contribution in [1.29, 1.82) is 0 Å². The summed E-state index contributed by atoms with van der Waals surface area (Å²) in [6.45, 7) is 4.29. The fraction of sp³-hybridized carbons (Fsp3) is 0.600. The highest BCUT2D eigenvalue weighted by molar-refractivity contribution is 7.92. The Hall–Kier alpha value is -0.720. The lowest BCUT2D eigenvalue weighted by Gasteiger charge is -2.17. The number of hydrogen-bond donors (Lipinski definition) is 1. The number of nitrogens with one attached hydrogen (secondary N) is 1. The van der Waals surface area contributed by atoms with E-state index >= 15 is 0 Å². The molecule has 1 aromatic carbocycles. The van der Waals surface area contributed by atoms with Gasteiger partial charge in [0.2, 0.25) is 0 Å². The zero-order valence-electron chi connectivity index (χ0n) is 13.1. The minimum Gasteiger partial charge on any atom is -0.312 e. The molecule has 0 saturated heterocycles. The maximum absolute atomic E-state index is 12.0. The van der Waals surface area contributed by atoms with E-state index in [1.165, 1.54) is 11.8 Å². The quantitative estimate of drug-likeness (QED) is 0.790. The highest BCUT2D eigenvalue weighted by Crippen LogP contribution is 2.19. The van der Waals surface area contributed by atoms with E-state index in [1.54, 1.807) is 0 Å². The monoisotopic (exact) mass is 331 g/mol. The van der Waals surface area contributed by atoms with Crippen LogP contribution in [0.15, 0.2) is 24.3 Å². The highest BCUT2D eigenvalue weighted by Gasteiger charge is 2.15. The van der Waals surface area contributed by atoms with Crippen molar-refractivity contribution in [3.63, 3.8) is 0 Å². The lowest BCUT2D eigenvalue weighted by atomic mass is 10.00. The Morgan fingerprint density at radius 3 is 2.10 bits per heavy atom. The summed E-state index contributed by atoms with van der Waals surface area (Å²) in [6, 6.07) is 8.24. The minimum absolute atomic E-state index is 0.0217. The van der Waals surface area contributed by atoms with Crippen molar-refractivity contribution in [2.75, 3.05) is 30.6 Å². The Bertz CT molecular complexity index is 565. The van der Waals surface area contributed by atoms with Gasteiger partial charge < -0.3 is 5.32 Å². The molecule has 2 atom stereocenters. The van der Waals surface area contributed by atoms with E-state index in [-0.39, 0.29) is 17.5 Å².